The van der Waals surface area contributed by atoms with Crippen molar-refractivity contribution in [2.75, 3.05) is 6.61 Å². The topological polar surface area (TPSA) is 85.3 Å². The van der Waals surface area contributed by atoms with Crippen LogP contribution < -0.4 is 10.5 Å². The number of alkyl halides is 2. The third kappa shape index (κ3) is 3.63. The summed E-state index contributed by atoms with van der Waals surface area (Å²) in [4.78, 5) is 11.7. The molecule has 0 aliphatic carbocycles. The Balaban J connectivity index is 3.30. The first-order valence-corrected chi connectivity index (χ1v) is 5.42. The molecule has 2 N–H and O–H groups in total. The van der Waals surface area contributed by atoms with Gasteiger partial charge >= 0.3 is 12.6 Å². The highest BCUT2D eigenvalue weighted by Crippen LogP contribution is 2.24. The molecule has 1 aromatic rings. The summed E-state index contributed by atoms with van der Waals surface area (Å²) < 4.78 is 33.3. The highest BCUT2D eigenvalue weighted by atomic mass is 19.3. The molecule has 0 spiro atoms. The van der Waals surface area contributed by atoms with Crippen LogP contribution in [0.3, 0.4) is 0 Å². The molecule has 1 aromatic carbocycles. The molecule has 0 saturated heterocycles. The van der Waals surface area contributed by atoms with E-state index in [1.807, 2.05) is 0 Å². The van der Waals surface area contributed by atoms with Gasteiger partial charge in [0.15, 0.2) is 0 Å². The third-order valence-electron chi connectivity index (χ3n) is 2.24. The molecule has 0 saturated carbocycles. The Morgan fingerprint density at radius 2 is 2.21 bits per heavy atom. The molecule has 0 aromatic heterocycles. The Hall–Kier alpha value is -2.20. The Bertz CT molecular complexity index is 512. The first kappa shape index (κ1) is 14.9. The first-order valence-electron chi connectivity index (χ1n) is 5.42. The van der Waals surface area contributed by atoms with Gasteiger partial charge in [-0.15, -0.1) is 0 Å². The second-order valence-electron chi connectivity index (χ2n) is 3.42. The van der Waals surface area contributed by atoms with Crippen molar-refractivity contribution in [2.24, 2.45) is 5.73 Å². The molecule has 0 amide bonds. The average Bonchev–Trinajstić information content (AvgIpc) is 2.36. The summed E-state index contributed by atoms with van der Waals surface area (Å²) in [5, 5.41) is 8.97. The normalized spacial score (nSPS) is 10.1. The van der Waals surface area contributed by atoms with Crippen molar-refractivity contribution in [2.45, 2.75) is 20.1 Å². The predicted octanol–water partition coefficient (Wildman–Crippen LogP) is 1.80. The standard InChI is InChI=1S/C12H12F2N2O3/c1-2-18-11(17)10-7(5-15)3-9(19-12(13)14)4-8(10)6-16/h3-4,12H,2,5,15H2,1H3. The largest absolute Gasteiger partial charge is 0.462 e. The molecule has 7 heteroatoms. The zero-order valence-corrected chi connectivity index (χ0v) is 10.2. The van der Waals surface area contributed by atoms with Gasteiger partial charge in [0, 0.05) is 6.54 Å². The summed E-state index contributed by atoms with van der Waals surface area (Å²) in [6, 6.07) is 3.99. The highest BCUT2D eigenvalue weighted by molar-refractivity contribution is 5.94. The lowest BCUT2D eigenvalue weighted by Crippen LogP contribution is -2.14. The molecule has 0 fully saturated rings. The lowest BCUT2D eigenvalue weighted by molar-refractivity contribution is -0.0498. The number of rotatable bonds is 5. The van der Waals surface area contributed by atoms with E-state index >= 15 is 0 Å². The van der Waals surface area contributed by atoms with Crippen LogP contribution >= 0.6 is 0 Å². The molecule has 102 valence electrons. The predicted molar refractivity (Wildman–Crippen MR) is 61.6 cm³/mol. The van der Waals surface area contributed by atoms with Gasteiger partial charge in [-0.2, -0.15) is 14.0 Å². The SMILES string of the molecule is CCOC(=O)c1c(C#N)cc(OC(F)F)cc1CN. The first-order chi connectivity index (χ1) is 9.03. The minimum absolute atomic E-state index is 0.0199. The Morgan fingerprint density at radius 1 is 1.53 bits per heavy atom. The minimum atomic E-state index is -3.02. The summed E-state index contributed by atoms with van der Waals surface area (Å²) in [7, 11) is 0. The quantitative estimate of drug-likeness (QED) is 0.824. The van der Waals surface area contributed by atoms with Gasteiger partial charge in [0.1, 0.15) is 11.8 Å². The number of nitrogens with two attached hydrogens (primary N) is 1. The van der Waals surface area contributed by atoms with Crippen molar-refractivity contribution in [3.05, 3.63) is 28.8 Å². The van der Waals surface area contributed by atoms with Crippen molar-refractivity contribution in [1.29, 1.82) is 5.26 Å². The summed E-state index contributed by atoms with van der Waals surface area (Å²) in [5.41, 5.74) is 5.53. The zero-order valence-electron chi connectivity index (χ0n) is 10.2. The molecular formula is C12H12F2N2O3. The Labute approximate surface area is 108 Å². The molecule has 0 unspecified atom stereocenters. The van der Waals surface area contributed by atoms with Gasteiger partial charge in [-0.1, -0.05) is 0 Å². The second-order valence-corrected chi connectivity index (χ2v) is 3.42. The number of hydrogen-bond acceptors (Lipinski definition) is 5. The Kier molecular flexibility index (Phi) is 5.21. The molecular weight excluding hydrogens is 258 g/mol. The number of carbonyl (C=O) groups is 1. The van der Waals surface area contributed by atoms with Crippen molar-refractivity contribution in [3.63, 3.8) is 0 Å². The van der Waals surface area contributed by atoms with Crippen LogP contribution in [0, 0.1) is 11.3 Å². The van der Waals surface area contributed by atoms with Crippen LogP contribution in [0.5, 0.6) is 5.75 Å². The van der Waals surface area contributed by atoms with Crippen molar-refractivity contribution in [3.8, 4) is 11.8 Å². The van der Waals surface area contributed by atoms with Crippen molar-refractivity contribution >= 4 is 5.97 Å². The van der Waals surface area contributed by atoms with Crippen LogP contribution in [0.2, 0.25) is 0 Å². The van der Waals surface area contributed by atoms with E-state index in [1.165, 1.54) is 6.07 Å². The molecule has 0 atom stereocenters. The molecule has 0 aliphatic heterocycles. The van der Waals surface area contributed by atoms with E-state index in [-0.39, 0.29) is 35.6 Å². The van der Waals surface area contributed by atoms with E-state index in [1.54, 1.807) is 13.0 Å². The van der Waals surface area contributed by atoms with Crippen LogP contribution in [0.15, 0.2) is 12.1 Å². The number of nitrogens with zero attached hydrogens (tertiary/aromatic N) is 1. The van der Waals surface area contributed by atoms with Crippen LogP contribution in [-0.2, 0) is 11.3 Å². The van der Waals surface area contributed by atoms with Gasteiger partial charge in [-0.25, -0.2) is 4.79 Å². The third-order valence-corrected chi connectivity index (χ3v) is 2.24. The minimum Gasteiger partial charge on any atom is -0.462 e. The maximum absolute atomic E-state index is 12.1. The van der Waals surface area contributed by atoms with Crippen LogP contribution in [-0.4, -0.2) is 19.2 Å². The number of nitriles is 1. The molecule has 19 heavy (non-hydrogen) atoms. The molecule has 0 aliphatic rings. The van der Waals surface area contributed by atoms with Crippen molar-refractivity contribution < 1.29 is 23.0 Å². The number of halogens is 2. The fraction of sp³-hybridized carbons (Fsp3) is 0.333. The molecule has 0 bridgehead atoms. The zero-order chi connectivity index (χ0) is 14.4. The molecule has 0 radical (unpaired) electrons. The second kappa shape index (κ2) is 6.66. The maximum Gasteiger partial charge on any atom is 0.387 e. The van der Waals surface area contributed by atoms with Gasteiger partial charge in [0.05, 0.1) is 17.7 Å². The number of esters is 1. The van der Waals surface area contributed by atoms with Crippen LogP contribution in [0.1, 0.15) is 28.4 Å². The van der Waals surface area contributed by atoms with E-state index in [9.17, 15) is 13.6 Å². The summed E-state index contributed by atoms with van der Waals surface area (Å²) in [6.45, 7) is -1.39. The van der Waals surface area contributed by atoms with Crippen molar-refractivity contribution in [1.82, 2.24) is 0 Å². The average molecular weight is 270 g/mol. The van der Waals surface area contributed by atoms with E-state index < -0.39 is 12.6 Å². The fourth-order valence-electron chi connectivity index (χ4n) is 1.54. The smallest absolute Gasteiger partial charge is 0.387 e. The van der Waals surface area contributed by atoms with E-state index in [2.05, 4.69) is 4.74 Å². The van der Waals surface area contributed by atoms with Gasteiger partial charge in [0.25, 0.3) is 0 Å². The summed E-state index contributed by atoms with van der Waals surface area (Å²) in [5.74, 6) is -0.942. The summed E-state index contributed by atoms with van der Waals surface area (Å²) >= 11 is 0. The van der Waals surface area contributed by atoms with Gasteiger partial charge < -0.3 is 15.2 Å². The highest BCUT2D eigenvalue weighted by Gasteiger charge is 2.19. The lowest BCUT2D eigenvalue weighted by Gasteiger charge is -2.12. The van der Waals surface area contributed by atoms with E-state index in [0.717, 1.165) is 6.07 Å². The Morgan fingerprint density at radius 3 is 2.68 bits per heavy atom. The molecule has 0 heterocycles. The molecule has 1 rings (SSSR count). The van der Waals surface area contributed by atoms with Crippen LogP contribution in [0.25, 0.3) is 0 Å². The summed E-state index contributed by atoms with van der Waals surface area (Å²) in [6.07, 6.45) is 0. The van der Waals surface area contributed by atoms with Gasteiger partial charge in [-0.05, 0) is 24.6 Å². The number of hydrogen-bond donors (Lipinski definition) is 1. The van der Waals surface area contributed by atoms with E-state index in [4.69, 9.17) is 15.7 Å². The van der Waals surface area contributed by atoms with E-state index in [0.29, 0.717) is 0 Å². The lowest BCUT2D eigenvalue weighted by atomic mass is 10.0. The van der Waals surface area contributed by atoms with Gasteiger partial charge in [-0.3, -0.25) is 0 Å². The number of carbonyl (C=O) groups excluding carboxylic acids is 1. The number of benzene rings is 1. The monoisotopic (exact) mass is 270 g/mol. The molecule has 5 nitrogen and oxygen atoms in total. The fourth-order valence-corrected chi connectivity index (χ4v) is 1.54. The van der Waals surface area contributed by atoms with Crippen LogP contribution in [0.4, 0.5) is 8.78 Å². The maximum atomic E-state index is 12.1. The number of ether oxygens (including phenoxy) is 2. The van der Waals surface area contributed by atoms with Gasteiger partial charge in [0.2, 0.25) is 0 Å².